The van der Waals surface area contributed by atoms with E-state index in [1.807, 2.05) is 13.8 Å². The van der Waals surface area contributed by atoms with Crippen LogP contribution in [0.1, 0.15) is 79.4 Å². The van der Waals surface area contributed by atoms with Gasteiger partial charge in [-0.2, -0.15) is 0 Å². The van der Waals surface area contributed by atoms with Crippen LogP contribution >= 0.6 is 0 Å². The minimum absolute atomic E-state index is 0.111. The number of carbonyl (C=O) groups is 6. The van der Waals surface area contributed by atoms with Crippen molar-refractivity contribution in [2.24, 2.45) is 34.5 Å². The third-order valence-corrected chi connectivity index (χ3v) is 13.3. The molecule has 52 heavy (non-hydrogen) atoms. The molecule has 0 N–H and O–H groups in total. The zero-order valence-electron chi connectivity index (χ0n) is 30.1. The van der Waals surface area contributed by atoms with Gasteiger partial charge in [0.25, 0.3) is 5.97 Å². The van der Waals surface area contributed by atoms with E-state index in [9.17, 15) is 28.8 Å². The Labute approximate surface area is 298 Å². The summed E-state index contributed by atoms with van der Waals surface area (Å²) >= 11 is 0. The second-order valence-electron chi connectivity index (χ2n) is 16.0. The zero-order chi connectivity index (χ0) is 37.6. The fourth-order valence-corrected chi connectivity index (χ4v) is 12.4. The van der Waals surface area contributed by atoms with Gasteiger partial charge >= 0.3 is 35.8 Å². The van der Waals surface area contributed by atoms with Crippen molar-refractivity contribution in [3.8, 4) is 0 Å². The van der Waals surface area contributed by atoms with E-state index in [-0.39, 0.29) is 19.3 Å². The second kappa shape index (κ2) is 10.8. The summed E-state index contributed by atoms with van der Waals surface area (Å²) in [5.74, 6) is -9.94. The predicted octanol–water partition coefficient (Wildman–Crippen LogP) is 2.45. The molecule has 0 radical (unpaired) electrons. The van der Waals surface area contributed by atoms with Crippen LogP contribution in [0.5, 0.6) is 0 Å². The van der Waals surface area contributed by atoms with Gasteiger partial charge in [0, 0.05) is 69.8 Å². The zero-order valence-corrected chi connectivity index (χ0v) is 30.1. The lowest BCUT2D eigenvalue weighted by Gasteiger charge is -2.72. The molecule has 1 aromatic heterocycles. The normalized spacial score (nSPS) is 47.7. The van der Waals surface area contributed by atoms with Gasteiger partial charge in [-0.1, -0.05) is 13.8 Å². The molecule has 0 aromatic carbocycles. The van der Waals surface area contributed by atoms with Crippen molar-refractivity contribution in [1.82, 2.24) is 0 Å². The highest BCUT2D eigenvalue weighted by Gasteiger charge is 2.98. The van der Waals surface area contributed by atoms with E-state index in [4.69, 9.17) is 47.0 Å². The van der Waals surface area contributed by atoms with E-state index in [1.165, 1.54) is 33.3 Å². The topological polar surface area (TPSA) is 199 Å². The van der Waals surface area contributed by atoms with Crippen molar-refractivity contribution >= 4 is 35.8 Å². The standard InChI is InChI=1S/C36H42O16/c1-15(37)45-21-12-35-26-23(25(30(42)43-8)46-16(2)38)31(5)14-34(26)24(28(31)47-17(3)39)29(48-18(4)40)36(35,52-33(7,50-34)51-35)20-11-22(41)49-27(32(20,21)6)19-9-10-44-13-19/h9-10,13,20-21,23-29H,11-12,14H2,1-8H3/t20-,21+,23-,24-,25-,26?,27+,28-,29-,31-,32+,33+,34+,35+,36-/m1/s1. The summed E-state index contributed by atoms with van der Waals surface area (Å²) in [6, 6.07) is 1.64. The second-order valence-corrected chi connectivity index (χ2v) is 16.0. The van der Waals surface area contributed by atoms with Crippen molar-refractivity contribution in [3.63, 3.8) is 0 Å². The monoisotopic (exact) mass is 730 g/mol. The molecule has 15 atom stereocenters. The van der Waals surface area contributed by atoms with Crippen LogP contribution in [0, 0.1) is 34.5 Å². The minimum Gasteiger partial charge on any atom is -0.472 e. The van der Waals surface area contributed by atoms with Gasteiger partial charge in [0.2, 0.25) is 6.10 Å². The van der Waals surface area contributed by atoms with Gasteiger partial charge in [-0.3, -0.25) is 24.0 Å². The lowest BCUT2D eigenvalue weighted by atomic mass is 9.38. The first-order valence-corrected chi connectivity index (χ1v) is 17.4. The highest BCUT2D eigenvalue weighted by molar-refractivity contribution is 5.80. The Kier molecular flexibility index (Phi) is 7.26. The largest absolute Gasteiger partial charge is 0.472 e. The highest BCUT2D eigenvalue weighted by atomic mass is 16.9. The maximum atomic E-state index is 13.9. The van der Waals surface area contributed by atoms with Crippen molar-refractivity contribution in [3.05, 3.63) is 24.2 Å². The lowest BCUT2D eigenvalue weighted by Crippen LogP contribution is -2.86. The molecular formula is C36H42O16. The van der Waals surface area contributed by atoms with E-state index < -0.39 is 124 Å². The first kappa shape index (κ1) is 35.0. The summed E-state index contributed by atoms with van der Waals surface area (Å²) < 4.78 is 62.3. The van der Waals surface area contributed by atoms with Gasteiger partial charge in [-0.15, -0.1) is 0 Å². The summed E-state index contributed by atoms with van der Waals surface area (Å²) in [4.78, 5) is 79.6. The van der Waals surface area contributed by atoms with Crippen LogP contribution in [0.3, 0.4) is 0 Å². The van der Waals surface area contributed by atoms with Gasteiger partial charge in [-0.25, -0.2) is 4.79 Å². The van der Waals surface area contributed by atoms with Gasteiger partial charge in [0.15, 0.2) is 0 Å². The molecule has 1 aromatic rings. The van der Waals surface area contributed by atoms with E-state index in [2.05, 4.69) is 0 Å². The maximum absolute atomic E-state index is 13.9. The third kappa shape index (κ3) is 4.08. The van der Waals surface area contributed by atoms with Crippen LogP contribution in [0.25, 0.3) is 0 Å². The number of hydrogen-bond acceptors (Lipinski definition) is 16. The molecule has 282 valence electrons. The number of hydrogen-bond donors (Lipinski definition) is 0. The number of rotatable bonds is 7. The van der Waals surface area contributed by atoms with Crippen LogP contribution in [-0.4, -0.2) is 90.1 Å². The number of cyclic esters (lactones) is 1. The molecule has 3 saturated heterocycles. The van der Waals surface area contributed by atoms with Gasteiger partial charge in [0.1, 0.15) is 35.6 Å². The number of carbonyl (C=O) groups excluding carboxylic acids is 6. The van der Waals surface area contributed by atoms with Crippen LogP contribution < -0.4 is 0 Å². The van der Waals surface area contributed by atoms with Crippen LogP contribution in [0.4, 0.5) is 0 Å². The molecular weight excluding hydrogens is 688 g/mol. The van der Waals surface area contributed by atoms with Crippen LogP contribution in [0.2, 0.25) is 0 Å². The van der Waals surface area contributed by atoms with Crippen molar-refractivity contribution in [2.45, 2.75) is 121 Å². The smallest absolute Gasteiger partial charge is 0.347 e. The first-order valence-electron chi connectivity index (χ1n) is 17.4. The van der Waals surface area contributed by atoms with Gasteiger partial charge in [-0.05, 0) is 12.5 Å². The average molecular weight is 731 g/mol. The Hall–Kier alpha value is -4.02. The van der Waals surface area contributed by atoms with Crippen LogP contribution in [0.15, 0.2) is 23.0 Å². The molecule has 7 aliphatic rings. The van der Waals surface area contributed by atoms with Crippen molar-refractivity contribution in [2.75, 3.05) is 7.11 Å². The minimum atomic E-state index is -1.84. The molecule has 3 aliphatic heterocycles. The molecule has 4 bridgehead atoms. The molecule has 1 unspecified atom stereocenters. The van der Waals surface area contributed by atoms with Crippen LogP contribution in [-0.2, 0) is 71.4 Å². The Morgan fingerprint density at radius 3 is 2.15 bits per heavy atom. The van der Waals surface area contributed by atoms with E-state index in [0.29, 0.717) is 5.56 Å². The first-order chi connectivity index (χ1) is 24.3. The molecule has 7 fully saturated rings. The molecule has 4 saturated carbocycles. The molecule has 4 heterocycles. The fraction of sp³-hybridized carbons (Fsp3) is 0.722. The highest BCUT2D eigenvalue weighted by Crippen LogP contribution is 2.85. The lowest BCUT2D eigenvalue weighted by molar-refractivity contribution is -0.435. The quantitative estimate of drug-likeness (QED) is 0.292. The predicted molar refractivity (Wildman–Crippen MR) is 166 cm³/mol. The Morgan fingerprint density at radius 2 is 1.56 bits per heavy atom. The summed E-state index contributed by atoms with van der Waals surface area (Å²) in [7, 11) is 1.16. The van der Waals surface area contributed by atoms with Crippen molar-refractivity contribution in [1.29, 1.82) is 0 Å². The number of methoxy groups -OCH3 is 1. The van der Waals surface area contributed by atoms with Gasteiger partial charge < -0.3 is 47.0 Å². The average Bonchev–Trinajstić information content (AvgIpc) is 3.74. The summed E-state index contributed by atoms with van der Waals surface area (Å²) in [6.45, 7) is 10.1. The van der Waals surface area contributed by atoms with E-state index in [0.717, 1.165) is 14.0 Å². The molecule has 4 aliphatic carbocycles. The third-order valence-electron chi connectivity index (χ3n) is 13.3. The molecule has 8 rings (SSSR count). The van der Waals surface area contributed by atoms with Gasteiger partial charge in [0.05, 0.1) is 43.0 Å². The fourth-order valence-electron chi connectivity index (χ4n) is 12.4. The maximum Gasteiger partial charge on any atom is 0.347 e. The summed E-state index contributed by atoms with van der Waals surface area (Å²) in [6.07, 6.45) is -3.42. The van der Waals surface area contributed by atoms with E-state index in [1.54, 1.807) is 13.0 Å². The summed E-state index contributed by atoms with van der Waals surface area (Å²) in [5.41, 5.74) is -6.82. The van der Waals surface area contributed by atoms with Crippen molar-refractivity contribution < 1.29 is 75.8 Å². The summed E-state index contributed by atoms with van der Waals surface area (Å²) in [5, 5.41) is 0. The number of esters is 6. The Morgan fingerprint density at radius 1 is 0.885 bits per heavy atom. The Balaban J connectivity index is 1.46. The molecule has 0 amide bonds. The molecule has 2 spiro atoms. The molecule has 16 heteroatoms. The molecule has 16 nitrogen and oxygen atoms in total. The number of furan rings is 1. The Bertz CT molecular complexity index is 1770. The SMILES string of the molecule is COC(=O)[C@H](OC(C)=O)[C@@H]1C2[C@@]34C[C@H](OC(C)=O)[C@]5(C)[C@@H](CC(=O)O[C@H]5c5ccoc5)[C@]35O[C@](C)(O4)O[C@]23C[C@@]1(C)[C@H](OC(C)=O)[C@@H]3[C@H]5OC(C)=O. The number of fused-ring (bicyclic) bond motifs is 3. The number of ether oxygens (including phenoxy) is 9. The van der Waals surface area contributed by atoms with E-state index >= 15 is 0 Å².